The van der Waals surface area contributed by atoms with Gasteiger partial charge in [-0.15, -0.1) is 12.6 Å². The number of carbonyl (C=O) groups is 2. The Morgan fingerprint density at radius 1 is 1.36 bits per heavy atom. The van der Waals surface area contributed by atoms with Gasteiger partial charge in [-0.1, -0.05) is 13.2 Å². The Balaban J connectivity index is 0. The Bertz CT molecular complexity index is 353. The molecule has 0 fully saturated rings. The molecular formula is C6H8O6S2. The molecule has 80 valence electrons. The van der Waals surface area contributed by atoms with E-state index in [-0.39, 0.29) is 5.12 Å². The maximum Gasteiger partial charge on any atom is 0.349 e. The number of rotatable bonds is 3. The van der Waals surface area contributed by atoms with Crippen LogP contribution in [-0.2, 0) is 19.7 Å². The van der Waals surface area contributed by atoms with Gasteiger partial charge >= 0.3 is 16.1 Å². The molecule has 0 unspecified atom stereocenters. The molecule has 14 heavy (non-hydrogen) atoms. The van der Waals surface area contributed by atoms with Gasteiger partial charge in [0.15, 0.2) is 4.91 Å². The third kappa shape index (κ3) is 8.97. The number of carboxylic acids is 1. The summed E-state index contributed by atoms with van der Waals surface area (Å²) in [6, 6.07) is 0. The average Bonchev–Trinajstić information content (AvgIpc) is 2.02. The zero-order chi connectivity index (χ0) is 11.9. The number of hydrogen-bond acceptors (Lipinski definition) is 4. The summed E-state index contributed by atoms with van der Waals surface area (Å²) in [5, 5.41) is 7.59. The quantitative estimate of drug-likeness (QED) is 0.367. The lowest BCUT2D eigenvalue weighted by atomic mass is 10.7. The molecule has 2 N–H and O–H groups in total. The Kier molecular flexibility index (Phi) is 6.97. The van der Waals surface area contributed by atoms with Crippen LogP contribution in [-0.4, -0.2) is 29.2 Å². The molecule has 0 spiro atoms. The van der Waals surface area contributed by atoms with Crippen LogP contribution in [0, 0.1) is 0 Å². The fourth-order valence-electron chi connectivity index (χ4n) is 0.110. The minimum absolute atomic E-state index is 0.287. The Morgan fingerprint density at radius 2 is 1.64 bits per heavy atom. The molecule has 0 rings (SSSR count). The molecule has 0 bridgehead atoms. The molecular weight excluding hydrogens is 232 g/mol. The van der Waals surface area contributed by atoms with Crippen molar-refractivity contribution in [1.29, 1.82) is 0 Å². The second-order valence-corrected chi connectivity index (χ2v) is 3.63. The summed E-state index contributed by atoms with van der Waals surface area (Å²) >= 11 is 3.34. The Morgan fingerprint density at radius 3 is 1.64 bits per heavy atom. The maximum atomic E-state index is 9.85. The van der Waals surface area contributed by atoms with Crippen molar-refractivity contribution < 1.29 is 27.7 Å². The van der Waals surface area contributed by atoms with Crippen LogP contribution in [0.3, 0.4) is 0 Å². The third-order valence-corrected chi connectivity index (χ3v) is 1.70. The van der Waals surface area contributed by atoms with Gasteiger partial charge in [-0.25, -0.2) is 4.79 Å². The minimum atomic E-state index is -4.60. The molecule has 0 aliphatic heterocycles. The highest BCUT2D eigenvalue weighted by molar-refractivity contribution is 7.97. The molecule has 0 saturated heterocycles. The molecule has 0 aromatic heterocycles. The normalized spacial score (nSPS) is 9.29. The molecule has 0 aliphatic carbocycles. The van der Waals surface area contributed by atoms with Crippen molar-refractivity contribution in [2.45, 2.75) is 0 Å². The summed E-state index contributed by atoms with van der Waals surface area (Å²) in [6.45, 7) is 5.72. The molecule has 0 heterocycles. The molecule has 0 aromatic rings. The molecule has 0 aromatic carbocycles. The van der Waals surface area contributed by atoms with Crippen molar-refractivity contribution in [3.8, 4) is 0 Å². The molecule has 0 saturated carbocycles. The Labute approximate surface area is 86.1 Å². The predicted octanol–water partition coefficient (Wildman–Crippen LogP) is 0.101. The summed E-state index contributed by atoms with van der Waals surface area (Å²) in [6.07, 6.45) is 1.14. The molecule has 6 nitrogen and oxygen atoms in total. The van der Waals surface area contributed by atoms with E-state index in [0.29, 0.717) is 0 Å². The SMILES string of the molecule is C=C(C(=O)O)S(=O)(=O)O.C=CC(=O)S. The number of thiol groups is 1. The van der Waals surface area contributed by atoms with E-state index < -0.39 is 21.0 Å². The predicted molar refractivity (Wildman–Crippen MR) is 52.5 cm³/mol. The molecule has 0 atom stereocenters. The van der Waals surface area contributed by atoms with E-state index in [1.54, 1.807) is 0 Å². The van der Waals surface area contributed by atoms with Crippen LogP contribution in [0.5, 0.6) is 0 Å². The van der Waals surface area contributed by atoms with Crippen molar-refractivity contribution in [3.05, 3.63) is 24.1 Å². The van der Waals surface area contributed by atoms with Crippen LogP contribution in [0.1, 0.15) is 0 Å². The van der Waals surface area contributed by atoms with Gasteiger partial charge in [0.2, 0.25) is 5.12 Å². The topological polar surface area (TPSA) is 109 Å². The minimum Gasteiger partial charge on any atom is -0.477 e. The Hall–Kier alpha value is -1.12. The highest BCUT2D eigenvalue weighted by Gasteiger charge is 2.17. The lowest BCUT2D eigenvalue weighted by Gasteiger charge is -1.90. The zero-order valence-electron chi connectivity index (χ0n) is 6.87. The van der Waals surface area contributed by atoms with Gasteiger partial charge in [0.1, 0.15) is 0 Å². The number of hydrogen-bond donors (Lipinski definition) is 3. The summed E-state index contributed by atoms with van der Waals surface area (Å²) in [7, 11) is -4.60. The van der Waals surface area contributed by atoms with E-state index in [0.717, 1.165) is 6.08 Å². The van der Waals surface area contributed by atoms with Gasteiger partial charge < -0.3 is 5.11 Å². The van der Waals surface area contributed by atoms with Gasteiger partial charge in [-0.3, -0.25) is 9.35 Å². The van der Waals surface area contributed by atoms with Crippen molar-refractivity contribution in [2.75, 3.05) is 0 Å². The van der Waals surface area contributed by atoms with E-state index >= 15 is 0 Å². The van der Waals surface area contributed by atoms with Crippen molar-refractivity contribution >= 4 is 33.8 Å². The summed E-state index contributed by atoms with van der Waals surface area (Å²) < 4.78 is 27.6. The number of carboxylic acid groups (broad SMARTS) is 1. The van der Waals surface area contributed by atoms with Gasteiger partial charge in [0.25, 0.3) is 0 Å². The largest absolute Gasteiger partial charge is 0.477 e. The fourth-order valence-corrected chi connectivity index (χ4v) is 0.331. The molecule has 0 radical (unpaired) electrons. The van der Waals surface area contributed by atoms with Gasteiger partial charge in [-0.05, 0) is 6.08 Å². The van der Waals surface area contributed by atoms with Crippen molar-refractivity contribution in [1.82, 2.24) is 0 Å². The first-order valence-electron chi connectivity index (χ1n) is 2.88. The highest BCUT2D eigenvalue weighted by Crippen LogP contribution is 1.98. The van der Waals surface area contributed by atoms with Crippen LogP contribution in [0.4, 0.5) is 0 Å². The van der Waals surface area contributed by atoms with Crippen molar-refractivity contribution in [2.24, 2.45) is 0 Å². The smallest absolute Gasteiger partial charge is 0.349 e. The van der Waals surface area contributed by atoms with Crippen LogP contribution in [0.15, 0.2) is 24.1 Å². The molecule has 0 amide bonds. The van der Waals surface area contributed by atoms with Gasteiger partial charge in [-0.2, -0.15) is 8.42 Å². The first kappa shape index (κ1) is 15.4. The first-order valence-corrected chi connectivity index (χ1v) is 4.76. The van der Waals surface area contributed by atoms with Crippen LogP contribution < -0.4 is 0 Å². The van der Waals surface area contributed by atoms with E-state index in [4.69, 9.17) is 9.66 Å². The molecule has 8 heteroatoms. The van der Waals surface area contributed by atoms with E-state index in [1.165, 1.54) is 0 Å². The number of aliphatic carboxylic acids is 1. The van der Waals surface area contributed by atoms with Crippen molar-refractivity contribution in [3.63, 3.8) is 0 Å². The third-order valence-electron chi connectivity index (χ3n) is 0.725. The summed E-state index contributed by atoms with van der Waals surface area (Å²) in [5.74, 6) is -1.75. The fraction of sp³-hybridized carbons (Fsp3) is 0. The second kappa shape index (κ2) is 6.35. The standard InChI is InChI=1S/C3H4O5S.C3H4OS/c1-2(3(4)5)9(6,7)8;1-2-3(4)5/h1H2,(H,4,5)(H,6,7,8);2H,1H2,(H,4,5). The summed E-state index contributed by atoms with van der Waals surface area (Å²) in [4.78, 5) is 18.0. The molecule has 0 aliphatic rings. The average molecular weight is 240 g/mol. The zero-order valence-corrected chi connectivity index (χ0v) is 8.59. The van der Waals surface area contributed by atoms with Gasteiger partial charge in [0.05, 0.1) is 0 Å². The van der Waals surface area contributed by atoms with E-state index in [9.17, 15) is 18.0 Å². The first-order chi connectivity index (χ1) is 6.12. The maximum absolute atomic E-state index is 9.85. The monoisotopic (exact) mass is 240 g/mol. The van der Waals surface area contributed by atoms with Crippen LogP contribution in [0.2, 0.25) is 0 Å². The van der Waals surface area contributed by atoms with E-state index in [2.05, 4.69) is 25.8 Å². The lowest BCUT2D eigenvalue weighted by Crippen LogP contribution is -2.09. The van der Waals surface area contributed by atoms with Crippen LogP contribution in [0.25, 0.3) is 0 Å². The van der Waals surface area contributed by atoms with E-state index in [1.807, 2.05) is 0 Å². The van der Waals surface area contributed by atoms with Crippen LogP contribution >= 0.6 is 12.6 Å². The highest BCUT2D eigenvalue weighted by atomic mass is 32.2. The lowest BCUT2D eigenvalue weighted by molar-refractivity contribution is -0.131. The van der Waals surface area contributed by atoms with Gasteiger partial charge in [0, 0.05) is 0 Å². The summed E-state index contributed by atoms with van der Waals surface area (Å²) in [5.41, 5.74) is 0. The second-order valence-electron chi connectivity index (χ2n) is 1.75. The number of carbonyl (C=O) groups excluding carboxylic acids is 1.